The SMILES string of the molecule is CC1c2ccc(C(=O)O)cc2C(C)N1CCO. The number of rotatable bonds is 3. The van der Waals surface area contributed by atoms with E-state index in [9.17, 15) is 4.79 Å². The molecule has 2 rings (SSSR count). The van der Waals surface area contributed by atoms with Gasteiger partial charge in [0.25, 0.3) is 0 Å². The van der Waals surface area contributed by atoms with Crippen molar-refractivity contribution in [1.82, 2.24) is 4.90 Å². The number of aliphatic hydroxyl groups is 1. The van der Waals surface area contributed by atoms with Crippen LogP contribution < -0.4 is 0 Å². The molecule has 2 unspecified atom stereocenters. The van der Waals surface area contributed by atoms with E-state index in [0.717, 1.165) is 11.1 Å². The van der Waals surface area contributed by atoms with Crippen LogP contribution in [0.1, 0.15) is 47.4 Å². The first-order valence-electron chi connectivity index (χ1n) is 5.80. The van der Waals surface area contributed by atoms with E-state index in [1.165, 1.54) is 0 Å². The first-order valence-corrected chi connectivity index (χ1v) is 5.80. The number of aliphatic hydroxyl groups excluding tert-OH is 1. The molecule has 1 aromatic rings. The maximum atomic E-state index is 10.9. The maximum absolute atomic E-state index is 10.9. The van der Waals surface area contributed by atoms with Gasteiger partial charge in [-0.3, -0.25) is 4.90 Å². The van der Waals surface area contributed by atoms with Crippen LogP contribution in [0.25, 0.3) is 0 Å². The molecule has 4 nitrogen and oxygen atoms in total. The van der Waals surface area contributed by atoms with Crippen molar-refractivity contribution in [3.05, 3.63) is 34.9 Å². The van der Waals surface area contributed by atoms with Gasteiger partial charge in [-0.1, -0.05) is 6.07 Å². The molecule has 0 bridgehead atoms. The van der Waals surface area contributed by atoms with Crippen molar-refractivity contribution in [2.24, 2.45) is 0 Å². The van der Waals surface area contributed by atoms with Crippen LogP contribution in [0.2, 0.25) is 0 Å². The Balaban J connectivity index is 2.39. The highest BCUT2D eigenvalue weighted by molar-refractivity contribution is 5.88. The standard InChI is InChI=1S/C13H17NO3/c1-8-11-4-3-10(13(16)17)7-12(11)9(2)14(8)5-6-15/h3-4,7-9,15H,5-6H2,1-2H3,(H,16,17). The highest BCUT2D eigenvalue weighted by Gasteiger charge is 2.32. The Morgan fingerprint density at radius 1 is 1.29 bits per heavy atom. The fraction of sp³-hybridized carbons (Fsp3) is 0.462. The van der Waals surface area contributed by atoms with Crippen LogP contribution in [0.15, 0.2) is 18.2 Å². The molecular formula is C13H17NO3. The Morgan fingerprint density at radius 2 is 1.94 bits per heavy atom. The molecule has 17 heavy (non-hydrogen) atoms. The third-order valence-corrected chi connectivity index (χ3v) is 3.59. The lowest BCUT2D eigenvalue weighted by Crippen LogP contribution is -2.26. The summed E-state index contributed by atoms with van der Waals surface area (Å²) in [6, 6.07) is 5.67. The minimum Gasteiger partial charge on any atom is -0.478 e. The predicted octanol–water partition coefficient (Wildman–Crippen LogP) is 1.81. The molecule has 1 aliphatic rings. The zero-order chi connectivity index (χ0) is 12.6. The summed E-state index contributed by atoms with van der Waals surface area (Å²) < 4.78 is 0. The minimum atomic E-state index is -0.895. The molecule has 0 fully saturated rings. The number of carboxylic acid groups (broad SMARTS) is 1. The van der Waals surface area contributed by atoms with E-state index in [2.05, 4.69) is 11.8 Å². The molecule has 0 amide bonds. The van der Waals surface area contributed by atoms with Crippen molar-refractivity contribution >= 4 is 5.97 Å². The van der Waals surface area contributed by atoms with Crippen LogP contribution in [-0.4, -0.2) is 34.2 Å². The van der Waals surface area contributed by atoms with Gasteiger partial charge in [0.1, 0.15) is 0 Å². The molecule has 0 saturated carbocycles. The number of hydrogen-bond donors (Lipinski definition) is 2. The van der Waals surface area contributed by atoms with E-state index >= 15 is 0 Å². The van der Waals surface area contributed by atoms with E-state index in [-0.39, 0.29) is 18.7 Å². The molecule has 1 heterocycles. The molecule has 0 radical (unpaired) electrons. The van der Waals surface area contributed by atoms with Gasteiger partial charge < -0.3 is 10.2 Å². The monoisotopic (exact) mass is 235 g/mol. The average Bonchev–Trinajstić information content (AvgIpc) is 2.54. The third kappa shape index (κ3) is 1.94. The van der Waals surface area contributed by atoms with Crippen LogP contribution in [0.5, 0.6) is 0 Å². The van der Waals surface area contributed by atoms with Crippen LogP contribution in [0.4, 0.5) is 0 Å². The van der Waals surface area contributed by atoms with Crippen LogP contribution in [0.3, 0.4) is 0 Å². The minimum absolute atomic E-state index is 0.120. The van der Waals surface area contributed by atoms with Gasteiger partial charge in [-0.15, -0.1) is 0 Å². The van der Waals surface area contributed by atoms with Gasteiger partial charge in [-0.05, 0) is 37.1 Å². The van der Waals surface area contributed by atoms with E-state index in [0.29, 0.717) is 12.1 Å². The number of fused-ring (bicyclic) bond motifs is 1. The molecule has 92 valence electrons. The Hall–Kier alpha value is -1.39. The van der Waals surface area contributed by atoms with Gasteiger partial charge in [-0.25, -0.2) is 4.79 Å². The normalized spacial score (nSPS) is 23.7. The van der Waals surface area contributed by atoms with Gasteiger partial charge in [0.05, 0.1) is 12.2 Å². The van der Waals surface area contributed by atoms with E-state index in [4.69, 9.17) is 10.2 Å². The molecule has 4 heteroatoms. The first-order chi connectivity index (χ1) is 8.06. The summed E-state index contributed by atoms with van der Waals surface area (Å²) in [5.74, 6) is -0.895. The Morgan fingerprint density at radius 3 is 2.53 bits per heavy atom. The zero-order valence-corrected chi connectivity index (χ0v) is 10.1. The lowest BCUT2D eigenvalue weighted by Gasteiger charge is -2.25. The summed E-state index contributed by atoms with van der Waals surface area (Å²) in [5, 5.41) is 18.0. The summed E-state index contributed by atoms with van der Waals surface area (Å²) in [5.41, 5.74) is 2.55. The first kappa shape index (κ1) is 12.1. The maximum Gasteiger partial charge on any atom is 0.335 e. The fourth-order valence-electron chi connectivity index (χ4n) is 2.65. The van der Waals surface area contributed by atoms with Gasteiger partial charge >= 0.3 is 5.97 Å². The van der Waals surface area contributed by atoms with Crippen molar-refractivity contribution in [3.8, 4) is 0 Å². The molecule has 0 spiro atoms. The van der Waals surface area contributed by atoms with Crippen LogP contribution >= 0.6 is 0 Å². The Kier molecular flexibility index (Phi) is 3.17. The summed E-state index contributed by atoms with van der Waals surface area (Å²) in [4.78, 5) is 13.1. The molecule has 2 atom stereocenters. The molecule has 0 aliphatic carbocycles. The number of benzene rings is 1. The summed E-state index contributed by atoms with van der Waals surface area (Å²) in [6.45, 7) is 4.86. The van der Waals surface area contributed by atoms with Gasteiger partial charge in [0.15, 0.2) is 0 Å². The third-order valence-electron chi connectivity index (χ3n) is 3.59. The Labute approximate surface area is 100 Å². The van der Waals surface area contributed by atoms with E-state index in [1.54, 1.807) is 12.1 Å². The van der Waals surface area contributed by atoms with Crippen LogP contribution in [0, 0.1) is 0 Å². The zero-order valence-electron chi connectivity index (χ0n) is 10.1. The molecular weight excluding hydrogens is 218 g/mol. The van der Waals surface area contributed by atoms with Crippen molar-refractivity contribution in [2.75, 3.05) is 13.2 Å². The molecule has 0 saturated heterocycles. The molecule has 2 N–H and O–H groups in total. The van der Waals surface area contributed by atoms with Crippen molar-refractivity contribution < 1.29 is 15.0 Å². The topological polar surface area (TPSA) is 60.8 Å². The second-order valence-electron chi connectivity index (χ2n) is 4.46. The van der Waals surface area contributed by atoms with Gasteiger partial charge in [-0.2, -0.15) is 0 Å². The number of carboxylic acids is 1. The highest BCUT2D eigenvalue weighted by Crippen LogP contribution is 2.41. The number of nitrogens with zero attached hydrogens (tertiary/aromatic N) is 1. The van der Waals surface area contributed by atoms with Crippen LogP contribution in [-0.2, 0) is 0 Å². The van der Waals surface area contributed by atoms with Gasteiger partial charge in [0.2, 0.25) is 0 Å². The fourth-order valence-corrected chi connectivity index (χ4v) is 2.65. The van der Waals surface area contributed by atoms with Crippen molar-refractivity contribution in [1.29, 1.82) is 0 Å². The quantitative estimate of drug-likeness (QED) is 0.839. The molecule has 1 aliphatic heterocycles. The van der Waals surface area contributed by atoms with Crippen molar-refractivity contribution in [3.63, 3.8) is 0 Å². The highest BCUT2D eigenvalue weighted by atomic mass is 16.4. The lowest BCUT2D eigenvalue weighted by molar-refractivity contribution is 0.0696. The average molecular weight is 235 g/mol. The number of aromatic carboxylic acids is 1. The lowest BCUT2D eigenvalue weighted by atomic mass is 10.0. The largest absolute Gasteiger partial charge is 0.478 e. The second kappa shape index (κ2) is 4.47. The molecule has 1 aromatic carbocycles. The summed E-state index contributed by atoms with van der Waals surface area (Å²) in [7, 11) is 0. The number of hydrogen-bond acceptors (Lipinski definition) is 3. The molecule has 0 aromatic heterocycles. The van der Waals surface area contributed by atoms with Crippen molar-refractivity contribution in [2.45, 2.75) is 25.9 Å². The summed E-state index contributed by atoms with van der Waals surface area (Å²) in [6.07, 6.45) is 0. The number of β-amino-alcohol motifs (C(OH)–C–C–N with tert-alkyl or cyclic N) is 1. The smallest absolute Gasteiger partial charge is 0.335 e. The number of carbonyl (C=O) groups is 1. The van der Waals surface area contributed by atoms with E-state index in [1.807, 2.05) is 13.0 Å². The predicted molar refractivity (Wildman–Crippen MR) is 64.0 cm³/mol. The Bertz CT molecular complexity index is 444. The second-order valence-corrected chi connectivity index (χ2v) is 4.46. The summed E-state index contributed by atoms with van der Waals surface area (Å²) >= 11 is 0. The van der Waals surface area contributed by atoms with E-state index < -0.39 is 5.97 Å². The van der Waals surface area contributed by atoms with Gasteiger partial charge in [0, 0.05) is 18.6 Å².